The first-order chi connectivity index (χ1) is 17.9. The molecule has 1 saturated carbocycles. The predicted molar refractivity (Wildman–Crippen MR) is 133 cm³/mol. The molecule has 38 heavy (non-hydrogen) atoms. The van der Waals surface area contributed by atoms with Crippen LogP contribution in [0.1, 0.15) is 70.9 Å². The molecule has 1 spiro atoms. The Morgan fingerprint density at radius 1 is 1.26 bits per heavy atom. The number of esters is 1. The highest BCUT2D eigenvalue weighted by Gasteiger charge is 2.70. The van der Waals surface area contributed by atoms with Crippen molar-refractivity contribution >= 4 is 18.0 Å². The van der Waals surface area contributed by atoms with Crippen molar-refractivity contribution < 1.29 is 43.5 Å². The van der Waals surface area contributed by atoms with Gasteiger partial charge in [0.1, 0.15) is 11.4 Å². The first kappa shape index (κ1) is 26.3. The minimum Gasteiger partial charge on any atom is -0.504 e. The van der Waals surface area contributed by atoms with E-state index in [-0.39, 0.29) is 24.6 Å². The maximum atomic E-state index is 12.8. The second-order valence-electron chi connectivity index (χ2n) is 11.7. The largest absolute Gasteiger partial charge is 0.509 e. The second-order valence-corrected chi connectivity index (χ2v) is 11.7. The first-order valence-corrected chi connectivity index (χ1v) is 13.2. The molecule has 0 saturated heterocycles. The molecule has 1 amide bonds. The van der Waals surface area contributed by atoms with E-state index in [1.807, 2.05) is 6.07 Å². The van der Waals surface area contributed by atoms with Crippen LogP contribution in [0.25, 0.3) is 0 Å². The first-order valence-electron chi connectivity index (χ1n) is 13.2. The van der Waals surface area contributed by atoms with Gasteiger partial charge in [0.2, 0.25) is 0 Å². The van der Waals surface area contributed by atoms with Gasteiger partial charge in [-0.3, -0.25) is 9.59 Å². The van der Waals surface area contributed by atoms with E-state index in [1.165, 1.54) is 6.92 Å². The molecular weight excluding hydrogens is 494 g/mol. The van der Waals surface area contributed by atoms with E-state index in [9.17, 15) is 24.6 Å². The molecule has 4 aliphatic rings. The van der Waals surface area contributed by atoms with Crippen LogP contribution in [0.15, 0.2) is 24.0 Å². The lowest BCUT2D eigenvalue weighted by Gasteiger charge is -2.59. The molecule has 1 fully saturated rings. The van der Waals surface area contributed by atoms with E-state index < -0.39 is 46.9 Å². The predicted octanol–water partition coefficient (Wildman–Crippen LogP) is 3.16. The maximum absolute atomic E-state index is 12.8. The average molecular weight is 530 g/mol. The van der Waals surface area contributed by atoms with Crippen molar-refractivity contribution in [1.82, 2.24) is 5.32 Å². The van der Waals surface area contributed by atoms with Crippen molar-refractivity contribution in [2.24, 2.45) is 5.92 Å². The number of phenolic OH excluding ortho intramolecular Hbond substituents is 1. The van der Waals surface area contributed by atoms with Crippen LogP contribution in [-0.4, -0.2) is 58.2 Å². The molecule has 206 valence electrons. The van der Waals surface area contributed by atoms with Crippen molar-refractivity contribution in [2.45, 2.75) is 95.0 Å². The number of benzene rings is 1. The molecule has 1 heterocycles. The van der Waals surface area contributed by atoms with Gasteiger partial charge in [0.05, 0.1) is 17.4 Å². The molecule has 3 aliphatic carbocycles. The summed E-state index contributed by atoms with van der Waals surface area (Å²) < 4.78 is 22.0. The van der Waals surface area contributed by atoms with Crippen LogP contribution in [-0.2, 0) is 35.6 Å². The van der Waals surface area contributed by atoms with Gasteiger partial charge in [-0.1, -0.05) is 12.5 Å². The fourth-order valence-corrected chi connectivity index (χ4v) is 6.62. The lowest BCUT2D eigenvalue weighted by molar-refractivity contribution is -0.160. The topological polar surface area (TPSA) is 141 Å². The third-order valence-corrected chi connectivity index (χ3v) is 8.16. The molecule has 1 aromatic carbocycles. The Bertz CT molecular complexity index is 1200. The molecule has 3 N–H and O–H groups in total. The van der Waals surface area contributed by atoms with Crippen molar-refractivity contribution in [3.8, 4) is 11.5 Å². The monoisotopic (exact) mass is 529 g/mol. The molecule has 1 unspecified atom stereocenters. The van der Waals surface area contributed by atoms with Crippen molar-refractivity contribution in [3.05, 3.63) is 35.1 Å². The number of amides is 1. The highest BCUT2D eigenvalue weighted by atomic mass is 16.7. The zero-order valence-electron chi connectivity index (χ0n) is 22.2. The van der Waals surface area contributed by atoms with Crippen LogP contribution in [0.4, 0.5) is 4.79 Å². The molecule has 5 atom stereocenters. The molecular formula is C28H35NO9. The summed E-state index contributed by atoms with van der Waals surface area (Å²) in [6, 6.07) is 3.52. The number of phenols is 1. The number of aromatic hydroxyl groups is 1. The lowest BCUT2D eigenvalue weighted by Crippen LogP contribution is -2.67. The number of aliphatic hydroxyl groups is 1. The summed E-state index contributed by atoms with van der Waals surface area (Å²) in [5.74, 6) is -0.407. The molecule has 0 aromatic heterocycles. The number of carbonyl (C=O) groups excluding carboxylic acids is 3. The van der Waals surface area contributed by atoms with Crippen LogP contribution >= 0.6 is 0 Å². The zero-order valence-corrected chi connectivity index (χ0v) is 22.2. The maximum Gasteiger partial charge on any atom is 0.509 e. The van der Waals surface area contributed by atoms with Gasteiger partial charge in [-0.2, -0.15) is 0 Å². The Kier molecular flexibility index (Phi) is 6.37. The Morgan fingerprint density at radius 2 is 2.03 bits per heavy atom. The summed E-state index contributed by atoms with van der Waals surface area (Å²) in [6.45, 7) is 6.44. The van der Waals surface area contributed by atoms with Crippen molar-refractivity contribution in [1.29, 1.82) is 0 Å². The van der Waals surface area contributed by atoms with E-state index in [1.54, 1.807) is 32.9 Å². The average Bonchev–Trinajstić information content (AvgIpc) is 3.16. The fraction of sp³-hybridized carbons (Fsp3) is 0.607. The molecule has 5 rings (SSSR count). The quantitative estimate of drug-likeness (QED) is 0.474. The number of ether oxygens (including phenoxy) is 4. The van der Waals surface area contributed by atoms with Gasteiger partial charge in [0, 0.05) is 12.1 Å². The van der Waals surface area contributed by atoms with Crippen LogP contribution in [0.5, 0.6) is 11.5 Å². The summed E-state index contributed by atoms with van der Waals surface area (Å²) in [5, 5.41) is 25.1. The number of nitrogens with one attached hydrogen (secondary N) is 1. The van der Waals surface area contributed by atoms with Gasteiger partial charge < -0.3 is 34.5 Å². The molecule has 1 aromatic rings. The van der Waals surface area contributed by atoms with Gasteiger partial charge >= 0.3 is 12.1 Å². The van der Waals surface area contributed by atoms with Gasteiger partial charge in [-0.15, -0.1) is 0 Å². The lowest BCUT2D eigenvalue weighted by atomic mass is 9.47. The van der Waals surface area contributed by atoms with E-state index in [2.05, 4.69) is 5.32 Å². The summed E-state index contributed by atoms with van der Waals surface area (Å²) in [7, 11) is 0. The molecule has 10 nitrogen and oxygen atoms in total. The SMILES string of the molecule is C[C@H](OC(=O)OC(C)(C)C)C(=O)NCCC(=O)OC1=CC[C@@]2(O)[C@@H]3CCCC24c2c(ccc(O)c2O[C@@H]14)C3. The zero-order chi connectivity index (χ0) is 27.5. The Hall–Kier alpha value is -3.27. The number of rotatable bonds is 6. The minimum atomic E-state index is -1.10. The Balaban J connectivity index is 1.23. The van der Waals surface area contributed by atoms with E-state index in [0.717, 1.165) is 30.4 Å². The van der Waals surface area contributed by atoms with Gasteiger partial charge in [-0.25, -0.2) is 4.79 Å². The number of hydrogen-bond acceptors (Lipinski definition) is 9. The van der Waals surface area contributed by atoms with Crippen molar-refractivity contribution in [2.75, 3.05) is 6.54 Å². The third-order valence-electron chi connectivity index (χ3n) is 8.16. The third kappa shape index (κ3) is 4.19. The summed E-state index contributed by atoms with van der Waals surface area (Å²) >= 11 is 0. The van der Waals surface area contributed by atoms with Crippen LogP contribution < -0.4 is 10.1 Å². The minimum absolute atomic E-state index is 0.00927. The fourth-order valence-electron chi connectivity index (χ4n) is 6.62. The molecule has 2 bridgehead atoms. The van der Waals surface area contributed by atoms with Gasteiger partial charge in [0.15, 0.2) is 23.7 Å². The van der Waals surface area contributed by atoms with E-state index in [0.29, 0.717) is 24.4 Å². The summed E-state index contributed by atoms with van der Waals surface area (Å²) in [4.78, 5) is 36.8. The standard InChI is InChI=1S/C28H35NO9/c1-15(35-25(33)38-26(2,3)4)24(32)29-13-10-20(31)36-19-9-12-28(34)17-6-5-11-27(28)21-16(14-17)7-8-18(30)22(21)37-23(19)27/h7-9,15,17,23,30,34H,5-6,10-14H2,1-4H3,(H,29,32)/t15-,17+,23-,27?,28+/m0/s1. The highest BCUT2D eigenvalue weighted by molar-refractivity contribution is 5.83. The molecule has 0 radical (unpaired) electrons. The van der Waals surface area contributed by atoms with E-state index >= 15 is 0 Å². The smallest absolute Gasteiger partial charge is 0.504 e. The van der Waals surface area contributed by atoms with Gasteiger partial charge in [-0.05, 0) is 77.0 Å². The molecule has 1 aliphatic heterocycles. The number of hydrogen-bond donors (Lipinski definition) is 3. The Morgan fingerprint density at radius 3 is 2.76 bits per heavy atom. The normalized spacial score (nSPS) is 29.2. The number of carbonyl (C=O) groups is 3. The van der Waals surface area contributed by atoms with Crippen molar-refractivity contribution in [3.63, 3.8) is 0 Å². The second kappa shape index (κ2) is 9.18. The highest BCUT2D eigenvalue weighted by Crippen LogP contribution is 2.67. The summed E-state index contributed by atoms with van der Waals surface area (Å²) in [5.41, 5.74) is -0.677. The van der Waals surface area contributed by atoms with E-state index in [4.69, 9.17) is 18.9 Å². The van der Waals surface area contributed by atoms with Crippen LogP contribution in [0.2, 0.25) is 0 Å². The summed E-state index contributed by atoms with van der Waals surface area (Å²) in [6.07, 6.45) is 2.32. The molecule has 10 heteroatoms. The van der Waals surface area contributed by atoms with Gasteiger partial charge in [0.25, 0.3) is 5.91 Å². The van der Waals surface area contributed by atoms with Crippen LogP contribution in [0, 0.1) is 5.92 Å². The van der Waals surface area contributed by atoms with Crippen LogP contribution in [0.3, 0.4) is 0 Å². The Labute approximate surface area is 221 Å².